The van der Waals surface area contributed by atoms with Gasteiger partial charge in [-0.3, -0.25) is 4.79 Å². The van der Waals surface area contributed by atoms with E-state index in [1.165, 1.54) is 24.3 Å². The van der Waals surface area contributed by atoms with Crippen molar-refractivity contribution in [1.82, 2.24) is 5.32 Å². The second-order valence-corrected chi connectivity index (χ2v) is 7.73. The van der Waals surface area contributed by atoms with E-state index in [0.717, 1.165) is 19.3 Å². The zero-order valence-electron chi connectivity index (χ0n) is 19.6. The van der Waals surface area contributed by atoms with E-state index in [0.29, 0.717) is 29.9 Å². The maximum absolute atomic E-state index is 12.5. The van der Waals surface area contributed by atoms with Crippen molar-refractivity contribution < 1.29 is 23.5 Å². The highest BCUT2D eigenvalue weighted by Crippen LogP contribution is 2.22. The molecule has 2 aromatic carbocycles. The van der Waals surface area contributed by atoms with Crippen molar-refractivity contribution in [2.75, 3.05) is 13.2 Å². The summed E-state index contributed by atoms with van der Waals surface area (Å²) in [6.07, 6.45) is 4.02. The first-order chi connectivity index (χ1) is 16.9. The fraction of sp³-hybridized carbons (Fsp3) is 0.259. The number of carbonyl (C=O) groups excluding carboxylic acids is 2. The fourth-order valence-electron chi connectivity index (χ4n) is 3.13. The number of carbonyl (C=O) groups is 2. The summed E-state index contributed by atoms with van der Waals surface area (Å²) in [4.78, 5) is 37.1. The summed E-state index contributed by atoms with van der Waals surface area (Å²) in [5.41, 5.74) is -0.307. The van der Waals surface area contributed by atoms with Crippen LogP contribution < -0.4 is 20.4 Å². The number of esters is 1. The van der Waals surface area contributed by atoms with Crippen LogP contribution in [0.1, 0.15) is 49.0 Å². The number of unbranched alkanes of at least 4 members (excludes halogenated alkanes) is 1. The summed E-state index contributed by atoms with van der Waals surface area (Å²) in [5, 5.41) is 12.6. The van der Waals surface area contributed by atoms with Gasteiger partial charge in [0.2, 0.25) is 0 Å². The largest absolute Gasteiger partial charge is 0.494 e. The maximum Gasteiger partial charge on any atom is 0.354 e. The number of hydrogen-bond acceptors (Lipinski definition) is 7. The van der Waals surface area contributed by atoms with Gasteiger partial charge in [-0.25, -0.2) is 9.59 Å². The van der Waals surface area contributed by atoms with Crippen LogP contribution in [-0.2, 0) is 4.79 Å². The molecule has 0 aliphatic rings. The molecule has 8 nitrogen and oxygen atoms in total. The summed E-state index contributed by atoms with van der Waals surface area (Å²) in [5.74, 6) is -0.564. The molecule has 0 saturated heterocycles. The molecule has 0 unspecified atom stereocenters. The zero-order valence-corrected chi connectivity index (χ0v) is 19.6. The Labute approximate surface area is 202 Å². The predicted octanol–water partition coefficient (Wildman–Crippen LogP) is 4.62. The molecule has 0 radical (unpaired) electrons. The Hall–Kier alpha value is -4.38. The van der Waals surface area contributed by atoms with Crippen molar-refractivity contribution in [3.05, 3.63) is 75.7 Å². The highest BCUT2D eigenvalue weighted by atomic mass is 16.5. The van der Waals surface area contributed by atoms with E-state index in [4.69, 9.17) is 13.9 Å². The van der Waals surface area contributed by atoms with E-state index >= 15 is 0 Å². The van der Waals surface area contributed by atoms with Gasteiger partial charge in [0, 0.05) is 18.0 Å². The first-order valence-electron chi connectivity index (χ1n) is 11.4. The summed E-state index contributed by atoms with van der Waals surface area (Å²) >= 11 is 0. The Morgan fingerprint density at radius 3 is 2.49 bits per heavy atom. The van der Waals surface area contributed by atoms with Crippen LogP contribution in [0.4, 0.5) is 0 Å². The lowest BCUT2D eigenvalue weighted by Gasteiger charge is -2.07. The molecule has 1 aromatic heterocycles. The monoisotopic (exact) mass is 474 g/mol. The van der Waals surface area contributed by atoms with Crippen molar-refractivity contribution in [2.24, 2.45) is 0 Å². The average Bonchev–Trinajstić information content (AvgIpc) is 2.86. The van der Waals surface area contributed by atoms with Crippen molar-refractivity contribution >= 4 is 28.9 Å². The van der Waals surface area contributed by atoms with Crippen molar-refractivity contribution in [3.63, 3.8) is 0 Å². The normalized spacial score (nSPS) is 11.1. The molecule has 0 aliphatic carbocycles. The molecule has 3 rings (SSSR count). The van der Waals surface area contributed by atoms with Crippen molar-refractivity contribution in [2.45, 2.75) is 33.1 Å². The van der Waals surface area contributed by atoms with E-state index in [2.05, 4.69) is 5.32 Å². The molecule has 0 aliphatic heterocycles. The first-order valence-corrected chi connectivity index (χ1v) is 11.4. The highest BCUT2D eigenvalue weighted by molar-refractivity contribution is 5.99. The summed E-state index contributed by atoms with van der Waals surface area (Å²) in [7, 11) is 0. The minimum Gasteiger partial charge on any atom is -0.494 e. The van der Waals surface area contributed by atoms with Gasteiger partial charge in [0.05, 0.1) is 6.61 Å². The molecule has 3 aromatic rings. The van der Waals surface area contributed by atoms with Crippen LogP contribution in [0.15, 0.2) is 63.3 Å². The van der Waals surface area contributed by atoms with Crippen molar-refractivity contribution in [3.8, 4) is 17.6 Å². The van der Waals surface area contributed by atoms with Gasteiger partial charge in [0.1, 0.15) is 34.3 Å². The molecule has 0 atom stereocenters. The minimum absolute atomic E-state index is 0.0928. The Morgan fingerprint density at radius 1 is 1.06 bits per heavy atom. The number of benzene rings is 2. The third kappa shape index (κ3) is 6.81. The Balaban J connectivity index is 1.75. The van der Waals surface area contributed by atoms with Crippen LogP contribution >= 0.6 is 0 Å². The average molecular weight is 475 g/mol. The van der Waals surface area contributed by atoms with Crippen LogP contribution in [0.25, 0.3) is 17.0 Å². The lowest BCUT2D eigenvalue weighted by atomic mass is 10.1. The Morgan fingerprint density at radius 2 is 1.80 bits per heavy atom. The number of hydrogen-bond donors (Lipinski definition) is 1. The van der Waals surface area contributed by atoms with Gasteiger partial charge >= 0.3 is 11.6 Å². The number of fused-ring (bicyclic) bond motifs is 1. The molecule has 0 spiro atoms. The molecule has 35 heavy (non-hydrogen) atoms. The molecule has 0 saturated carbocycles. The zero-order chi connectivity index (χ0) is 25.2. The van der Waals surface area contributed by atoms with Crippen LogP contribution in [0.3, 0.4) is 0 Å². The summed E-state index contributed by atoms with van der Waals surface area (Å²) < 4.78 is 16.1. The molecule has 8 heteroatoms. The van der Waals surface area contributed by atoms with E-state index < -0.39 is 17.5 Å². The van der Waals surface area contributed by atoms with Crippen LogP contribution in [-0.4, -0.2) is 25.0 Å². The van der Waals surface area contributed by atoms with Crippen LogP contribution in [0.2, 0.25) is 0 Å². The smallest absolute Gasteiger partial charge is 0.354 e. The van der Waals surface area contributed by atoms with Gasteiger partial charge in [-0.15, -0.1) is 0 Å². The fourth-order valence-corrected chi connectivity index (χ4v) is 3.13. The highest BCUT2D eigenvalue weighted by Gasteiger charge is 2.16. The molecular weight excluding hydrogens is 448 g/mol. The molecule has 0 fully saturated rings. The lowest BCUT2D eigenvalue weighted by molar-refractivity contribution is -0.129. The molecule has 1 heterocycles. The van der Waals surface area contributed by atoms with E-state index in [9.17, 15) is 19.6 Å². The van der Waals surface area contributed by atoms with Crippen molar-refractivity contribution in [1.29, 1.82) is 5.26 Å². The second-order valence-electron chi connectivity index (χ2n) is 7.73. The third-order valence-electron chi connectivity index (χ3n) is 4.98. The third-order valence-corrected chi connectivity index (χ3v) is 4.98. The molecule has 1 amide bonds. The number of nitrogens with one attached hydrogen (secondary N) is 1. The molecule has 0 bridgehead atoms. The molecule has 180 valence electrons. The van der Waals surface area contributed by atoms with Gasteiger partial charge < -0.3 is 19.2 Å². The van der Waals surface area contributed by atoms with Crippen LogP contribution in [0.5, 0.6) is 11.5 Å². The second kappa shape index (κ2) is 12.2. The number of nitriles is 1. The summed E-state index contributed by atoms with van der Waals surface area (Å²) in [6, 6.07) is 14.7. The quantitative estimate of drug-likeness (QED) is 0.114. The van der Waals surface area contributed by atoms with Gasteiger partial charge in [-0.1, -0.05) is 32.4 Å². The Kier molecular flexibility index (Phi) is 8.79. The van der Waals surface area contributed by atoms with Gasteiger partial charge in [0.25, 0.3) is 5.91 Å². The minimum atomic E-state index is -0.854. The maximum atomic E-state index is 12.5. The topological polar surface area (TPSA) is 119 Å². The standard InChI is InChI=1S/C27H26N2O6/c1-3-5-12-29-25(30)23-15-19-8-11-22(16-24(19)35-27(23)32)34-26(31)20(17-28)14-18-6-9-21(10-7-18)33-13-4-2/h6-11,14-16H,3-5,12-13H2,1-2H3,(H,29,30)/b20-14+. The number of amides is 1. The summed E-state index contributed by atoms with van der Waals surface area (Å²) in [6.45, 7) is 5.07. The number of rotatable bonds is 10. The number of nitrogens with zero attached hydrogens (tertiary/aromatic N) is 1. The van der Waals surface area contributed by atoms with E-state index in [1.54, 1.807) is 30.3 Å². The van der Waals surface area contributed by atoms with Gasteiger partial charge in [-0.05, 0) is 54.8 Å². The van der Waals surface area contributed by atoms with E-state index in [-0.39, 0.29) is 22.5 Å². The van der Waals surface area contributed by atoms with E-state index in [1.807, 2.05) is 19.9 Å². The predicted molar refractivity (Wildman–Crippen MR) is 131 cm³/mol. The Bertz CT molecular complexity index is 1330. The molecule has 1 N–H and O–H groups in total. The number of ether oxygens (including phenoxy) is 2. The van der Waals surface area contributed by atoms with Gasteiger partial charge in [0.15, 0.2) is 0 Å². The molecular formula is C27H26N2O6. The van der Waals surface area contributed by atoms with Crippen LogP contribution in [0, 0.1) is 11.3 Å². The van der Waals surface area contributed by atoms with Gasteiger partial charge in [-0.2, -0.15) is 5.26 Å². The first kappa shape index (κ1) is 25.2. The SMILES string of the molecule is CCCCNC(=O)c1cc2ccc(OC(=O)/C(C#N)=C/c3ccc(OCCC)cc3)cc2oc1=O. The lowest BCUT2D eigenvalue weighted by Crippen LogP contribution is -2.28.